The predicted octanol–water partition coefficient (Wildman–Crippen LogP) is 4.81. The molecule has 1 unspecified atom stereocenters. The van der Waals surface area contributed by atoms with Crippen molar-refractivity contribution in [2.75, 3.05) is 23.9 Å². The third-order valence-electron chi connectivity index (χ3n) is 6.29. The van der Waals surface area contributed by atoms with Crippen LogP contribution in [0.5, 0.6) is 0 Å². The lowest BCUT2D eigenvalue weighted by molar-refractivity contribution is -0.118. The number of carbonyl (C=O) groups is 1. The summed E-state index contributed by atoms with van der Waals surface area (Å²) in [6.07, 6.45) is 1.63. The van der Waals surface area contributed by atoms with E-state index in [1.807, 2.05) is 84.1 Å². The van der Waals surface area contributed by atoms with E-state index in [1.165, 1.54) is 0 Å². The third-order valence-corrected chi connectivity index (χ3v) is 6.53. The van der Waals surface area contributed by atoms with Crippen LogP contribution in [-0.2, 0) is 4.79 Å². The van der Waals surface area contributed by atoms with Gasteiger partial charge in [0.25, 0.3) is 5.78 Å². The smallest absolute Gasteiger partial charge is 0.257 e. The number of para-hydroxylation sites is 1. The van der Waals surface area contributed by atoms with Crippen molar-refractivity contribution in [3.05, 3.63) is 89.2 Å². The molecule has 0 radical (unpaired) electrons. The molecule has 6 rings (SSSR count). The topological polar surface area (TPSA) is 66.6 Å². The second-order valence-electron chi connectivity index (χ2n) is 8.14. The lowest BCUT2D eigenvalue weighted by Crippen LogP contribution is -2.24. The highest BCUT2D eigenvalue weighted by molar-refractivity contribution is 6.31. The van der Waals surface area contributed by atoms with Gasteiger partial charge in [-0.05, 0) is 47.5 Å². The summed E-state index contributed by atoms with van der Waals surface area (Å²) in [5.41, 5.74) is 4.70. The Bertz CT molecular complexity index is 1560. The highest BCUT2D eigenvalue weighted by Gasteiger charge is 2.36. The molecule has 1 amide bonds. The Balaban J connectivity index is 1.48. The molecule has 1 aliphatic rings. The van der Waals surface area contributed by atoms with Crippen molar-refractivity contribution >= 4 is 51.4 Å². The van der Waals surface area contributed by atoms with Crippen LogP contribution >= 0.6 is 11.6 Å². The number of aromatic nitrogens is 4. The van der Waals surface area contributed by atoms with Crippen molar-refractivity contribution in [1.29, 1.82) is 0 Å². The SMILES string of the molecule is CN1C(=O)C(c2cccc(N(C)c3nc4nncn4c4cc(Cl)ccc34)c2)c2ccccc21. The fourth-order valence-corrected chi connectivity index (χ4v) is 4.79. The maximum Gasteiger partial charge on any atom is 0.257 e. The van der Waals surface area contributed by atoms with Crippen LogP contribution < -0.4 is 9.80 Å². The molecule has 8 heteroatoms. The van der Waals surface area contributed by atoms with Crippen LogP contribution in [0.25, 0.3) is 16.7 Å². The maximum atomic E-state index is 13.1. The van der Waals surface area contributed by atoms with Gasteiger partial charge in [-0.1, -0.05) is 41.9 Å². The lowest BCUT2D eigenvalue weighted by atomic mass is 9.92. The van der Waals surface area contributed by atoms with Crippen molar-refractivity contribution in [3.63, 3.8) is 0 Å². The Morgan fingerprint density at radius 1 is 1.03 bits per heavy atom. The molecule has 0 N–H and O–H groups in total. The van der Waals surface area contributed by atoms with Gasteiger partial charge in [-0.2, -0.15) is 4.98 Å². The number of rotatable bonds is 3. The molecule has 0 spiro atoms. The molecule has 33 heavy (non-hydrogen) atoms. The number of nitrogens with zero attached hydrogens (tertiary/aromatic N) is 6. The van der Waals surface area contributed by atoms with Gasteiger partial charge in [0.05, 0.1) is 11.4 Å². The molecule has 5 aromatic rings. The fourth-order valence-electron chi connectivity index (χ4n) is 4.62. The Kier molecular flexibility index (Phi) is 4.35. The summed E-state index contributed by atoms with van der Waals surface area (Å²) in [5.74, 6) is 0.958. The van der Waals surface area contributed by atoms with Gasteiger partial charge in [-0.3, -0.25) is 9.20 Å². The van der Waals surface area contributed by atoms with Crippen LogP contribution in [0.3, 0.4) is 0 Å². The minimum Gasteiger partial charge on any atom is -0.329 e. The zero-order chi connectivity index (χ0) is 22.7. The first kappa shape index (κ1) is 19.7. The second-order valence-corrected chi connectivity index (χ2v) is 8.58. The normalized spacial score (nSPS) is 15.4. The fraction of sp³-hybridized carbons (Fsp3) is 0.120. The number of hydrogen-bond donors (Lipinski definition) is 0. The maximum absolute atomic E-state index is 13.1. The average molecular weight is 455 g/mol. The Morgan fingerprint density at radius 2 is 1.88 bits per heavy atom. The summed E-state index contributed by atoms with van der Waals surface area (Å²) in [5, 5.41) is 9.69. The van der Waals surface area contributed by atoms with Gasteiger partial charge < -0.3 is 9.80 Å². The van der Waals surface area contributed by atoms with Crippen LogP contribution in [0.15, 0.2) is 73.1 Å². The summed E-state index contributed by atoms with van der Waals surface area (Å²) in [6, 6.07) is 21.7. The molecule has 0 saturated carbocycles. The van der Waals surface area contributed by atoms with E-state index < -0.39 is 0 Å². The zero-order valence-corrected chi connectivity index (χ0v) is 18.7. The number of fused-ring (bicyclic) bond motifs is 4. The van der Waals surface area contributed by atoms with Gasteiger partial charge in [0.15, 0.2) is 0 Å². The summed E-state index contributed by atoms with van der Waals surface area (Å²) in [4.78, 5) is 21.6. The molecule has 162 valence electrons. The van der Waals surface area contributed by atoms with Gasteiger partial charge in [0, 0.05) is 35.9 Å². The summed E-state index contributed by atoms with van der Waals surface area (Å²) in [6.45, 7) is 0. The molecule has 1 atom stereocenters. The Hall–Kier alpha value is -3.97. The van der Waals surface area contributed by atoms with E-state index in [4.69, 9.17) is 16.6 Å². The van der Waals surface area contributed by atoms with E-state index in [0.29, 0.717) is 10.8 Å². The molecule has 1 aliphatic heterocycles. The number of carbonyl (C=O) groups excluding carboxylic acids is 1. The number of benzene rings is 3. The first-order chi connectivity index (χ1) is 16.0. The van der Waals surface area contributed by atoms with Gasteiger partial charge in [-0.25, -0.2) is 0 Å². The minimum atomic E-state index is -0.331. The third kappa shape index (κ3) is 2.97. The van der Waals surface area contributed by atoms with Crippen molar-refractivity contribution in [2.24, 2.45) is 0 Å². The predicted molar refractivity (Wildman–Crippen MR) is 129 cm³/mol. The quantitative estimate of drug-likeness (QED) is 0.391. The Labute approximate surface area is 194 Å². The molecule has 0 bridgehead atoms. The first-order valence-corrected chi connectivity index (χ1v) is 10.9. The summed E-state index contributed by atoms with van der Waals surface area (Å²) < 4.78 is 1.82. The molecular weight excluding hydrogens is 436 g/mol. The van der Waals surface area contributed by atoms with Crippen molar-refractivity contribution < 1.29 is 4.79 Å². The molecule has 0 aliphatic carbocycles. The lowest BCUT2D eigenvalue weighted by Gasteiger charge is -2.22. The molecular formula is C25H19ClN6O. The monoisotopic (exact) mass is 454 g/mol. The van der Waals surface area contributed by atoms with E-state index in [2.05, 4.69) is 16.3 Å². The highest BCUT2D eigenvalue weighted by Crippen LogP contribution is 2.41. The van der Waals surface area contributed by atoms with Gasteiger partial charge in [0.2, 0.25) is 5.91 Å². The number of likely N-dealkylation sites (N-methyl/N-ethyl adjacent to an activating group) is 1. The minimum absolute atomic E-state index is 0.0686. The van der Waals surface area contributed by atoms with Crippen LogP contribution in [-0.4, -0.2) is 39.6 Å². The zero-order valence-electron chi connectivity index (χ0n) is 18.0. The first-order valence-electron chi connectivity index (χ1n) is 10.5. The molecule has 3 heterocycles. The van der Waals surface area contributed by atoms with Crippen LogP contribution in [0.1, 0.15) is 17.0 Å². The standard InChI is InChI=1S/C25H19ClN6O/c1-30(23-19-11-10-16(26)13-21(19)32-14-27-29-25(32)28-23)17-7-5-6-15(12-17)22-18-8-3-4-9-20(18)31(2)24(22)33/h3-14,22H,1-2H3. The van der Waals surface area contributed by atoms with Gasteiger partial charge >= 0.3 is 0 Å². The summed E-state index contributed by atoms with van der Waals surface area (Å²) >= 11 is 6.27. The number of halogens is 1. The molecule has 0 saturated heterocycles. The Morgan fingerprint density at radius 3 is 2.76 bits per heavy atom. The van der Waals surface area contributed by atoms with Crippen LogP contribution in [0, 0.1) is 0 Å². The highest BCUT2D eigenvalue weighted by atomic mass is 35.5. The van der Waals surface area contributed by atoms with Crippen molar-refractivity contribution in [2.45, 2.75) is 5.92 Å². The molecule has 2 aromatic heterocycles. The summed E-state index contributed by atoms with van der Waals surface area (Å²) in [7, 11) is 3.78. The van der Waals surface area contributed by atoms with Crippen LogP contribution in [0.2, 0.25) is 5.02 Å². The van der Waals surface area contributed by atoms with E-state index >= 15 is 0 Å². The van der Waals surface area contributed by atoms with Gasteiger partial charge in [0.1, 0.15) is 12.1 Å². The van der Waals surface area contributed by atoms with Crippen LogP contribution in [0.4, 0.5) is 17.2 Å². The van der Waals surface area contributed by atoms with Crippen molar-refractivity contribution in [3.8, 4) is 0 Å². The number of amides is 1. The molecule has 7 nitrogen and oxygen atoms in total. The van der Waals surface area contributed by atoms with E-state index in [-0.39, 0.29) is 11.8 Å². The van der Waals surface area contributed by atoms with Gasteiger partial charge in [-0.15, -0.1) is 10.2 Å². The molecule has 0 fully saturated rings. The largest absolute Gasteiger partial charge is 0.329 e. The average Bonchev–Trinajstić information content (AvgIpc) is 3.41. The van der Waals surface area contributed by atoms with Crippen molar-refractivity contribution in [1.82, 2.24) is 19.6 Å². The number of hydrogen-bond acceptors (Lipinski definition) is 5. The van der Waals surface area contributed by atoms with E-state index in [1.54, 1.807) is 11.2 Å². The molecule has 3 aromatic carbocycles. The van der Waals surface area contributed by atoms with E-state index in [0.717, 1.165) is 39.2 Å². The van der Waals surface area contributed by atoms with E-state index in [9.17, 15) is 4.79 Å². The second kappa shape index (κ2) is 7.28. The number of anilines is 3.